The Morgan fingerprint density at radius 2 is 2.16 bits per heavy atom. The Bertz CT molecular complexity index is 537. The molecular formula is C14H17N3O2. The molecule has 2 N–H and O–H groups in total. The fourth-order valence-electron chi connectivity index (χ4n) is 1.96. The quantitative estimate of drug-likeness (QED) is 0.836. The minimum absolute atomic E-state index is 0.665. The fraction of sp³-hybridized carbons (Fsp3) is 0.286. The Labute approximate surface area is 111 Å². The normalized spacial score (nSPS) is 12.1. The van der Waals surface area contributed by atoms with Crippen LogP contribution in [0.25, 0.3) is 0 Å². The van der Waals surface area contributed by atoms with Crippen molar-refractivity contribution in [2.45, 2.75) is 25.9 Å². The van der Waals surface area contributed by atoms with Crippen LogP contribution in [0.4, 0.5) is 5.69 Å². The molecule has 1 aromatic heterocycles. The summed E-state index contributed by atoms with van der Waals surface area (Å²) in [6.07, 6.45) is 4.20. The first-order valence-electron chi connectivity index (χ1n) is 6.26. The highest BCUT2D eigenvalue weighted by Gasteiger charge is 2.23. The van der Waals surface area contributed by atoms with Gasteiger partial charge in [-0.05, 0) is 18.6 Å². The van der Waals surface area contributed by atoms with Crippen molar-refractivity contribution in [1.29, 1.82) is 0 Å². The summed E-state index contributed by atoms with van der Waals surface area (Å²) in [6.45, 7) is 2.81. The van der Waals surface area contributed by atoms with Gasteiger partial charge in [0.05, 0.1) is 18.2 Å². The maximum atomic E-state index is 11.5. The molecule has 100 valence electrons. The predicted octanol–water partition coefficient (Wildman–Crippen LogP) is 2.53. The average molecular weight is 259 g/mol. The maximum absolute atomic E-state index is 11.5. The molecule has 1 unspecified atom stereocenters. The highest BCUT2D eigenvalue weighted by atomic mass is 16.4. The number of aryl methyl sites for hydroxylation is 1. The van der Waals surface area contributed by atoms with Crippen molar-refractivity contribution in [2.75, 3.05) is 5.32 Å². The number of nitrogens with one attached hydrogen (secondary N) is 1. The number of imidazole rings is 1. The van der Waals surface area contributed by atoms with Crippen LogP contribution in [0.3, 0.4) is 0 Å². The van der Waals surface area contributed by atoms with Crippen LogP contribution in [0.2, 0.25) is 0 Å². The van der Waals surface area contributed by atoms with Gasteiger partial charge in [0.2, 0.25) is 0 Å². The van der Waals surface area contributed by atoms with E-state index >= 15 is 0 Å². The zero-order valence-corrected chi connectivity index (χ0v) is 10.8. The van der Waals surface area contributed by atoms with Crippen LogP contribution in [-0.2, 0) is 11.3 Å². The summed E-state index contributed by atoms with van der Waals surface area (Å²) in [7, 11) is 0. The van der Waals surface area contributed by atoms with Gasteiger partial charge in [0, 0.05) is 12.2 Å². The van der Waals surface area contributed by atoms with Crippen LogP contribution in [0, 0.1) is 0 Å². The number of aromatic nitrogens is 2. The summed E-state index contributed by atoms with van der Waals surface area (Å²) in [5, 5.41) is 12.4. The first-order chi connectivity index (χ1) is 9.22. The lowest BCUT2D eigenvalue weighted by atomic mass is 10.2. The molecular weight excluding hydrogens is 242 g/mol. The molecule has 1 aromatic carbocycles. The van der Waals surface area contributed by atoms with Crippen LogP contribution in [-0.4, -0.2) is 20.6 Å². The largest absolute Gasteiger partial charge is 0.479 e. The molecule has 0 aliphatic heterocycles. The van der Waals surface area contributed by atoms with Crippen molar-refractivity contribution in [2.24, 2.45) is 0 Å². The molecule has 0 spiro atoms. The Kier molecular flexibility index (Phi) is 4.18. The average Bonchev–Trinajstić information content (AvgIpc) is 2.85. The van der Waals surface area contributed by atoms with E-state index in [-0.39, 0.29) is 0 Å². The molecule has 0 radical (unpaired) electrons. The smallest absolute Gasteiger partial charge is 0.332 e. The van der Waals surface area contributed by atoms with Crippen molar-refractivity contribution in [1.82, 2.24) is 9.55 Å². The van der Waals surface area contributed by atoms with Gasteiger partial charge < -0.3 is 15.0 Å². The second-order valence-corrected chi connectivity index (χ2v) is 4.29. The van der Waals surface area contributed by atoms with E-state index in [2.05, 4.69) is 10.3 Å². The summed E-state index contributed by atoms with van der Waals surface area (Å²) in [5.74, 6) is -0.915. The van der Waals surface area contributed by atoms with Crippen LogP contribution in [0.1, 0.15) is 25.1 Å². The number of para-hydroxylation sites is 1. The lowest BCUT2D eigenvalue weighted by Crippen LogP contribution is -2.23. The zero-order chi connectivity index (χ0) is 13.7. The van der Waals surface area contributed by atoms with E-state index in [9.17, 15) is 9.90 Å². The second kappa shape index (κ2) is 6.04. The third kappa shape index (κ3) is 3.13. The third-order valence-corrected chi connectivity index (χ3v) is 2.84. The van der Waals surface area contributed by atoms with Gasteiger partial charge in [0.25, 0.3) is 0 Å². The Morgan fingerprint density at radius 1 is 1.42 bits per heavy atom. The fourth-order valence-corrected chi connectivity index (χ4v) is 1.96. The topological polar surface area (TPSA) is 67.2 Å². The first kappa shape index (κ1) is 13.1. The van der Waals surface area contributed by atoms with Crippen LogP contribution >= 0.6 is 0 Å². The predicted molar refractivity (Wildman–Crippen MR) is 73.0 cm³/mol. The lowest BCUT2D eigenvalue weighted by Gasteiger charge is -2.17. The molecule has 19 heavy (non-hydrogen) atoms. The molecule has 1 atom stereocenters. The van der Waals surface area contributed by atoms with Gasteiger partial charge >= 0.3 is 5.97 Å². The van der Waals surface area contributed by atoms with E-state index in [0.29, 0.717) is 5.69 Å². The number of carboxylic acids is 1. The highest BCUT2D eigenvalue weighted by Crippen LogP contribution is 2.20. The molecule has 0 bridgehead atoms. The minimum atomic E-state index is -0.915. The highest BCUT2D eigenvalue weighted by molar-refractivity contribution is 5.78. The summed E-state index contributed by atoms with van der Waals surface area (Å²) in [6, 6.07) is 8.51. The van der Waals surface area contributed by atoms with E-state index in [4.69, 9.17) is 0 Å². The number of anilines is 1. The third-order valence-electron chi connectivity index (χ3n) is 2.84. The zero-order valence-electron chi connectivity index (χ0n) is 10.8. The Hall–Kier alpha value is -2.30. The first-order valence-corrected chi connectivity index (χ1v) is 6.26. The monoisotopic (exact) mass is 259 g/mol. The van der Waals surface area contributed by atoms with Crippen LogP contribution < -0.4 is 5.32 Å². The Morgan fingerprint density at radius 3 is 2.79 bits per heavy atom. The van der Waals surface area contributed by atoms with Gasteiger partial charge in [-0.2, -0.15) is 0 Å². The molecule has 5 nitrogen and oxygen atoms in total. The molecule has 2 rings (SSSR count). The van der Waals surface area contributed by atoms with Gasteiger partial charge in [-0.1, -0.05) is 25.1 Å². The van der Waals surface area contributed by atoms with Gasteiger partial charge in [-0.3, -0.25) is 0 Å². The number of rotatable bonds is 6. The van der Waals surface area contributed by atoms with E-state index in [0.717, 1.165) is 18.7 Å². The molecule has 5 heteroatoms. The van der Waals surface area contributed by atoms with Crippen molar-refractivity contribution in [3.8, 4) is 0 Å². The van der Waals surface area contributed by atoms with E-state index in [1.54, 1.807) is 12.5 Å². The molecule has 0 aliphatic carbocycles. The number of nitrogens with zero attached hydrogens (tertiary/aromatic N) is 2. The number of hydrogen-bond acceptors (Lipinski definition) is 3. The molecule has 0 amide bonds. The van der Waals surface area contributed by atoms with Crippen LogP contribution in [0.15, 0.2) is 42.9 Å². The van der Waals surface area contributed by atoms with Crippen LogP contribution in [0.5, 0.6) is 0 Å². The summed E-state index contributed by atoms with van der Waals surface area (Å²) in [5.41, 5.74) is 1.44. The number of carboxylic acid groups (broad SMARTS) is 1. The van der Waals surface area contributed by atoms with Crippen molar-refractivity contribution < 1.29 is 9.90 Å². The van der Waals surface area contributed by atoms with Crippen molar-refractivity contribution >= 4 is 11.7 Å². The number of aliphatic carboxylic acids is 1. The van der Waals surface area contributed by atoms with E-state index < -0.39 is 12.0 Å². The summed E-state index contributed by atoms with van der Waals surface area (Å²) >= 11 is 0. The van der Waals surface area contributed by atoms with Gasteiger partial charge in [0.15, 0.2) is 6.04 Å². The lowest BCUT2D eigenvalue weighted by molar-refractivity contribution is -0.138. The van der Waals surface area contributed by atoms with Gasteiger partial charge in [-0.15, -0.1) is 0 Å². The standard InChI is InChI=1S/C14H17N3O2/c1-2-8-17-10-15-9-12(17)13(14(18)19)16-11-6-4-3-5-7-11/h3-7,9-10,13,16H,2,8H2,1H3,(H,18,19). The minimum Gasteiger partial charge on any atom is -0.479 e. The Balaban J connectivity index is 2.25. The second-order valence-electron chi connectivity index (χ2n) is 4.29. The molecule has 0 aliphatic rings. The van der Waals surface area contributed by atoms with Gasteiger partial charge in [-0.25, -0.2) is 9.78 Å². The van der Waals surface area contributed by atoms with E-state index in [1.165, 1.54) is 0 Å². The SMILES string of the molecule is CCCn1cncc1C(Nc1ccccc1)C(=O)O. The number of carbonyl (C=O) groups is 1. The molecule has 0 saturated carbocycles. The molecule has 0 saturated heterocycles. The number of benzene rings is 1. The van der Waals surface area contributed by atoms with Crippen molar-refractivity contribution in [3.05, 3.63) is 48.5 Å². The molecule has 0 fully saturated rings. The van der Waals surface area contributed by atoms with E-state index in [1.807, 2.05) is 41.8 Å². The summed E-state index contributed by atoms with van der Waals surface area (Å²) in [4.78, 5) is 15.5. The van der Waals surface area contributed by atoms with Crippen molar-refractivity contribution in [3.63, 3.8) is 0 Å². The molecule has 2 aromatic rings. The number of hydrogen-bond donors (Lipinski definition) is 2. The van der Waals surface area contributed by atoms with Gasteiger partial charge in [0.1, 0.15) is 0 Å². The molecule has 1 heterocycles. The summed E-state index contributed by atoms with van der Waals surface area (Å²) < 4.78 is 1.87. The maximum Gasteiger partial charge on any atom is 0.332 e.